The zero-order valence-corrected chi connectivity index (χ0v) is 18.3. The predicted molar refractivity (Wildman–Crippen MR) is 117 cm³/mol. The topological polar surface area (TPSA) is 149 Å². The van der Waals surface area contributed by atoms with E-state index >= 15 is 0 Å². The molecule has 10 nitrogen and oxygen atoms in total. The number of thiophene rings is 1. The minimum atomic E-state index is -0.823. The van der Waals surface area contributed by atoms with Crippen LogP contribution >= 0.6 is 11.3 Å². The van der Waals surface area contributed by atoms with Gasteiger partial charge in [0, 0.05) is 24.4 Å². The van der Waals surface area contributed by atoms with Crippen molar-refractivity contribution in [2.75, 3.05) is 13.1 Å². The Hall–Kier alpha value is -2.69. The summed E-state index contributed by atoms with van der Waals surface area (Å²) in [6, 6.07) is 3.34. The monoisotopic (exact) mass is 440 g/mol. The van der Waals surface area contributed by atoms with Crippen molar-refractivity contribution >= 4 is 29.1 Å². The maximum atomic E-state index is 12.5. The van der Waals surface area contributed by atoms with Crippen LogP contribution < -0.4 is 21.4 Å². The zero-order chi connectivity index (χ0) is 22.4. The molecule has 0 spiro atoms. The Morgan fingerprint density at radius 1 is 1.20 bits per heavy atom. The van der Waals surface area contributed by atoms with Crippen LogP contribution in [0, 0.1) is 21.4 Å². The Morgan fingerprint density at radius 3 is 2.60 bits per heavy atom. The zero-order valence-electron chi connectivity index (χ0n) is 17.5. The minimum absolute atomic E-state index is 0.175. The smallest absolute Gasteiger partial charge is 0.251 e. The number of hydrogen-bond donors (Lipinski definition) is 5. The van der Waals surface area contributed by atoms with Crippen molar-refractivity contribution in [3.05, 3.63) is 32.5 Å². The molecule has 0 saturated heterocycles. The van der Waals surface area contributed by atoms with Gasteiger partial charge in [0.05, 0.1) is 0 Å². The predicted octanol–water partition coefficient (Wildman–Crippen LogP) is 1.80. The third-order valence-corrected chi connectivity index (χ3v) is 5.19. The molecule has 2 amide bonds. The van der Waals surface area contributed by atoms with Gasteiger partial charge in [-0.25, -0.2) is 10.1 Å². The van der Waals surface area contributed by atoms with Crippen LogP contribution in [0.25, 0.3) is 0 Å². The van der Waals surface area contributed by atoms with Gasteiger partial charge < -0.3 is 16.0 Å². The Balaban J connectivity index is 2.45. The van der Waals surface area contributed by atoms with Gasteiger partial charge in [-0.2, -0.15) is 0 Å². The fraction of sp³-hybridized carbons (Fsp3) is 0.632. The van der Waals surface area contributed by atoms with Gasteiger partial charge in [0.1, 0.15) is 6.04 Å². The maximum absolute atomic E-state index is 12.5. The molecule has 0 aliphatic rings. The van der Waals surface area contributed by atoms with E-state index in [0.717, 1.165) is 12.8 Å². The molecular weight excluding hydrogens is 408 g/mol. The Kier molecular flexibility index (Phi) is 12.1. The van der Waals surface area contributed by atoms with Crippen LogP contribution in [0.3, 0.4) is 0 Å². The number of nitrogens with zero attached hydrogens (tertiary/aromatic N) is 1. The summed E-state index contributed by atoms with van der Waals surface area (Å²) in [7, 11) is 0. The second-order valence-corrected chi connectivity index (χ2v) is 8.37. The fourth-order valence-corrected chi connectivity index (χ4v) is 3.42. The van der Waals surface area contributed by atoms with E-state index < -0.39 is 17.0 Å². The summed E-state index contributed by atoms with van der Waals surface area (Å²) in [4.78, 5) is 36.3. The molecule has 0 aromatic carbocycles. The van der Waals surface area contributed by atoms with Gasteiger partial charge in [0.25, 0.3) is 5.96 Å². The van der Waals surface area contributed by atoms with E-state index in [4.69, 9.17) is 5.41 Å². The quantitative estimate of drug-likeness (QED) is 0.0979. The highest BCUT2D eigenvalue weighted by molar-refractivity contribution is 7.09. The normalized spacial score (nSPS) is 11.6. The highest BCUT2D eigenvalue weighted by Crippen LogP contribution is 2.12. The molecule has 0 radical (unpaired) electrons. The van der Waals surface area contributed by atoms with Crippen LogP contribution in [0.1, 0.15) is 50.8 Å². The highest BCUT2D eigenvalue weighted by atomic mass is 32.1. The standard InChI is InChI=1S/C19H32N6O4S/c1-14(2)10-12-21-18(27)16(8-4-11-22-19(20)24-25(28)29)23-17(26)9-3-6-15-7-5-13-30-15/h5,7,13-14,16H,3-4,6,8-12H2,1-2H3,(H,21,27)(H,23,26)(H3,20,22,24)/t16-/m0/s1. The van der Waals surface area contributed by atoms with E-state index in [-0.39, 0.29) is 18.4 Å². The number of nitro groups is 1. The molecule has 1 aromatic heterocycles. The largest absolute Gasteiger partial charge is 0.354 e. The van der Waals surface area contributed by atoms with Crippen LogP contribution in [-0.2, 0) is 16.0 Å². The summed E-state index contributed by atoms with van der Waals surface area (Å²) >= 11 is 1.66. The van der Waals surface area contributed by atoms with E-state index in [2.05, 4.69) is 29.8 Å². The lowest BCUT2D eigenvalue weighted by molar-refractivity contribution is -0.525. The molecule has 0 aliphatic carbocycles. The first-order valence-electron chi connectivity index (χ1n) is 10.1. The van der Waals surface area contributed by atoms with Crippen LogP contribution in [0.2, 0.25) is 0 Å². The van der Waals surface area contributed by atoms with Crippen molar-refractivity contribution < 1.29 is 14.6 Å². The highest BCUT2D eigenvalue weighted by Gasteiger charge is 2.20. The number of aryl methyl sites for hydroxylation is 1. The summed E-state index contributed by atoms with van der Waals surface area (Å²) < 4.78 is 0. The van der Waals surface area contributed by atoms with Gasteiger partial charge in [-0.1, -0.05) is 25.3 Å². The first-order chi connectivity index (χ1) is 14.3. The summed E-state index contributed by atoms with van der Waals surface area (Å²) in [6.45, 7) is 4.94. The summed E-state index contributed by atoms with van der Waals surface area (Å²) in [5.41, 5.74) is 1.71. The first-order valence-corrected chi connectivity index (χ1v) is 11.0. The molecule has 5 N–H and O–H groups in total. The van der Waals surface area contributed by atoms with Crippen molar-refractivity contribution in [1.82, 2.24) is 21.4 Å². The molecule has 168 valence electrons. The van der Waals surface area contributed by atoms with Crippen molar-refractivity contribution in [2.45, 2.75) is 58.4 Å². The summed E-state index contributed by atoms with van der Waals surface area (Å²) in [6.07, 6.45) is 3.54. The molecule has 1 aromatic rings. The molecule has 0 aliphatic heterocycles. The van der Waals surface area contributed by atoms with Gasteiger partial charge >= 0.3 is 0 Å². The Bertz CT molecular complexity index is 681. The number of amides is 2. The summed E-state index contributed by atoms with van der Waals surface area (Å²) in [5.74, 6) is -0.373. The van der Waals surface area contributed by atoms with Crippen molar-refractivity contribution in [3.63, 3.8) is 0 Å². The Labute approximate surface area is 180 Å². The number of hydrazine groups is 1. The number of hydrogen-bond acceptors (Lipinski definition) is 6. The molecular formula is C19H32N6O4S. The molecule has 0 fully saturated rings. The van der Waals surface area contributed by atoms with E-state index in [1.165, 1.54) is 4.88 Å². The van der Waals surface area contributed by atoms with Crippen LogP contribution in [0.5, 0.6) is 0 Å². The molecule has 1 atom stereocenters. The van der Waals surface area contributed by atoms with Gasteiger partial charge in [0.15, 0.2) is 5.03 Å². The molecule has 0 bridgehead atoms. The first kappa shape index (κ1) is 25.3. The van der Waals surface area contributed by atoms with E-state index in [0.29, 0.717) is 38.1 Å². The number of guanidine groups is 1. The molecule has 1 heterocycles. The Morgan fingerprint density at radius 2 is 1.97 bits per heavy atom. The van der Waals surface area contributed by atoms with E-state index in [9.17, 15) is 19.7 Å². The third-order valence-electron chi connectivity index (χ3n) is 4.25. The van der Waals surface area contributed by atoms with Crippen molar-refractivity contribution in [1.29, 1.82) is 5.41 Å². The molecule has 0 unspecified atom stereocenters. The molecule has 1 rings (SSSR count). The van der Waals surface area contributed by atoms with Crippen LogP contribution in [0.4, 0.5) is 0 Å². The van der Waals surface area contributed by atoms with Crippen molar-refractivity contribution in [2.24, 2.45) is 5.92 Å². The number of nitrogens with one attached hydrogen (secondary N) is 5. The molecule has 11 heteroatoms. The molecule has 0 saturated carbocycles. The lowest BCUT2D eigenvalue weighted by atomic mass is 10.1. The van der Waals surface area contributed by atoms with E-state index in [1.54, 1.807) is 16.8 Å². The third kappa shape index (κ3) is 12.0. The summed E-state index contributed by atoms with van der Waals surface area (Å²) in [5, 5.41) is 27.0. The number of carbonyl (C=O) groups is 2. The minimum Gasteiger partial charge on any atom is -0.354 e. The number of carbonyl (C=O) groups excluding carboxylic acids is 2. The van der Waals surface area contributed by atoms with Gasteiger partial charge in [-0.05, 0) is 49.5 Å². The average Bonchev–Trinajstić information content (AvgIpc) is 3.16. The van der Waals surface area contributed by atoms with E-state index in [1.807, 2.05) is 17.5 Å². The second-order valence-electron chi connectivity index (χ2n) is 7.34. The van der Waals surface area contributed by atoms with Crippen LogP contribution in [0.15, 0.2) is 17.5 Å². The number of rotatable bonds is 14. The fourth-order valence-electron chi connectivity index (χ4n) is 2.67. The van der Waals surface area contributed by atoms with Gasteiger partial charge in [-0.3, -0.25) is 15.0 Å². The lowest BCUT2D eigenvalue weighted by Crippen LogP contribution is -2.47. The maximum Gasteiger partial charge on any atom is 0.251 e. The van der Waals surface area contributed by atoms with Gasteiger partial charge in [0.2, 0.25) is 11.8 Å². The average molecular weight is 441 g/mol. The SMILES string of the molecule is CC(C)CCNC(=O)[C@H](CCCNC(=N)N[N+](=O)[O-])NC(=O)CCCc1cccs1. The lowest BCUT2D eigenvalue weighted by Gasteiger charge is -2.19. The second kappa shape index (κ2) is 14.3. The van der Waals surface area contributed by atoms with Gasteiger partial charge in [-0.15, -0.1) is 11.3 Å². The van der Waals surface area contributed by atoms with Crippen LogP contribution in [-0.4, -0.2) is 41.9 Å². The molecule has 30 heavy (non-hydrogen) atoms. The van der Waals surface area contributed by atoms with Crippen molar-refractivity contribution in [3.8, 4) is 0 Å².